The zero-order valence-corrected chi connectivity index (χ0v) is 7.72. The standard InChI is InChI=1S/C8H17S/c1-7(2)5-8(3)6-9-4/h7H,5-6H2,1-4H3. The first-order chi connectivity index (χ1) is 4.16. The summed E-state index contributed by atoms with van der Waals surface area (Å²) >= 11 is 1.91. The molecule has 0 N–H and O–H groups in total. The van der Waals surface area contributed by atoms with Crippen LogP contribution in [0.25, 0.3) is 0 Å². The molecule has 0 aromatic carbocycles. The van der Waals surface area contributed by atoms with E-state index in [-0.39, 0.29) is 0 Å². The second kappa shape index (κ2) is 5.16. The van der Waals surface area contributed by atoms with Crippen molar-refractivity contribution in [3.05, 3.63) is 5.92 Å². The van der Waals surface area contributed by atoms with Crippen molar-refractivity contribution in [2.45, 2.75) is 27.2 Å². The summed E-state index contributed by atoms with van der Waals surface area (Å²) in [6.45, 7) is 6.78. The average molecular weight is 145 g/mol. The summed E-state index contributed by atoms with van der Waals surface area (Å²) < 4.78 is 0. The predicted molar refractivity (Wildman–Crippen MR) is 46.8 cm³/mol. The molecule has 0 unspecified atom stereocenters. The molecule has 55 valence electrons. The highest BCUT2D eigenvalue weighted by molar-refractivity contribution is 7.98. The molecule has 0 fully saturated rings. The predicted octanol–water partition coefficient (Wildman–Crippen LogP) is 2.99. The molecule has 9 heavy (non-hydrogen) atoms. The normalized spacial score (nSPS) is 11.3. The Morgan fingerprint density at radius 1 is 1.44 bits per heavy atom. The van der Waals surface area contributed by atoms with Crippen molar-refractivity contribution in [3.8, 4) is 0 Å². The summed E-state index contributed by atoms with van der Waals surface area (Å²) in [6, 6.07) is 0. The monoisotopic (exact) mass is 145 g/mol. The fraction of sp³-hybridized carbons (Fsp3) is 0.875. The summed E-state index contributed by atoms with van der Waals surface area (Å²) in [5, 5.41) is 0. The van der Waals surface area contributed by atoms with Crippen LogP contribution in [0.2, 0.25) is 0 Å². The van der Waals surface area contributed by atoms with Gasteiger partial charge in [0.1, 0.15) is 0 Å². The molecule has 1 heteroatoms. The smallest absolute Gasteiger partial charge is 0.00106 e. The third kappa shape index (κ3) is 6.23. The summed E-state index contributed by atoms with van der Waals surface area (Å²) in [5.41, 5.74) is 0. The molecule has 0 heterocycles. The fourth-order valence-electron chi connectivity index (χ4n) is 1.00. The van der Waals surface area contributed by atoms with Crippen LogP contribution in [0, 0.1) is 11.8 Å². The lowest BCUT2D eigenvalue weighted by Crippen LogP contribution is -1.99. The van der Waals surface area contributed by atoms with Gasteiger partial charge in [0, 0.05) is 0 Å². The Hall–Kier alpha value is 0.350. The van der Waals surface area contributed by atoms with E-state index < -0.39 is 0 Å². The van der Waals surface area contributed by atoms with Crippen molar-refractivity contribution in [2.75, 3.05) is 12.0 Å². The van der Waals surface area contributed by atoms with Gasteiger partial charge >= 0.3 is 0 Å². The first-order valence-corrected chi connectivity index (χ1v) is 4.86. The van der Waals surface area contributed by atoms with E-state index >= 15 is 0 Å². The SMILES string of the molecule is CSC[C](C)CC(C)C. The zero-order valence-electron chi connectivity index (χ0n) is 6.90. The van der Waals surface area contributed by atoms with Crippen LogP contribution in [-0.4, -0.2) is 12.0 Å². The first-order valence-electron chi connectivity index (χ1n) is 3.47. The third-order valence-corrected chi connectivity index (χ3v) is 1.93. The van der Waals surface area contributed by atoms with Crippen LogP contribution in [-0.2, 0) is 0 Å². The van der Waals surface area contributed by atoms with Gasteiger partial charge in [-0.2, -0.15) is 11.8 Å². The summed E-state index contributed by atoms with van der Waals surface area (Å²) in [5.74, 6) is 3.69. The molecule has 0 rings (SSSR count). The topological polar surface area (TPSA) is 0 Å². The van der Waals surface area contributed by atoms with Gasteiger partial charge in [0.2, 0.25) is 0 Å². The van der Waals surface area contributed by atoms with Crippen LogP contribution in [0.3, 0.4) is 0 Å². The van der Waals surface area contributed by atoms with E-state index in [0.717, 1.165) is 5.92 Å². The molecule has 0 spiro atoms. The molecule has 0 bridgehead atoms. The van der Waals surface area contributed by atoms with Crippen LogP contribution in [0.5, 0.6) is 0 Å². The molecule has 0 aliphatic carbocycles. The highest BCUT2D eigenvalue weighted by Gasteiger charge is 2.03. The van der Waals surface area contributed by atoms with Crippen molar-refractivity contribution in [2.24, 2.45) is 5.92 Å². The van der Waals surface area contributed by atoms with E-state index in [1.165, 1.54) is 12.2 Å². The van der Waals surface area contributed by atoms with Crippen LogP contribution in [0.4, 0.5) is 0 Å². The Kier molecular flexibility index (Phi) is 5.36. The lowest BCUT2D eigenvalue weighted by atomic mass is 10.0. The maximum Gasteiger partial charge on any atom is -0.00106 e. The molecule has 0 saturated carbocycles. The maximum atomic E-state index is 2.27. The van der Waals surface area contributed by atoms with E-state index in [0.29, 0.717) is 0 Å². The number of thioether (sulfide) groups is 1. The minimum Gasteiger partial charge on any atom is -0.165 e. The van der Waals surface area contributed by atoms with Gasteiger partial charge < -0.3 is 0 Å². The number of rotatable bonds is 4. The highest BCUT2D eigenvalue weighted by Crippen LogP contribution is 2.16. The lowest BCUT2D eigenvalue weighted by Gasteiger charge is -2.10. The lowest BCUT2D eigenvalue weighted by molar-refractivity contribution is 0.603. The minimum absolute atomic E-state index is 0.831. The Labute approximate surface area is 63.4 Å². The van der Waals surface area contributed by atoms with E-state index in [9.17, 15) is 0 Å². The van der Waals surface area contributed by atoms with Crippen LogP contribution in [0.1, 0.15) is 27.2 Å². The average Bonchev–Trinajstić information content (AvgIpc) is 1.63. The highest BCUT2D eigenvalue weighted by atomic mass is 32.2. The fourth-order valence-corrected chi connectivity index (χ4v) is 1.61. The summed E-state index contributed by atoms with van der Waals surface area (Å²) in [4.78, 5) is 0. The Morgan fingerprint density at radius 3 is 2.33 bits per heavy atom. The van der Waals surface area contributed by atoms with Gasteiger partial charge in [-0.25, -0.2) is 0 Å². The summed E-state index contributed by atoms with van der Waals surface area (Å²) in [7, 11) is 0. The molecule has 0 aromatic rings. The van der Waals surface area contributed by atoms with Crippen molar-refractivity contribution < 1.29 is 0 Å². The maximum absolute atomic E-state index is 2.27. The molecule has 1 radical (unpaired) electrons. The Bertz CT molecular complexity index is 59.6. The van der Waals surface area contributed by atoms with Gasteiger partial charge in [-0.3, -0.25) is 0 Å². The van der Waals surface area contributed by atoms with Gasteiger partial charge in [-0.1, -0.05) is 20.8 Å². The Morgan fingerprint density at radius 2 is 2.00 bits per heavy atom. The van der Waals surface area contributed by atoms with Crippen LogP contribution in [0.15, 0.2) is 0 Å². The molecular formula is C8H17S. The van der Waals surface area contributed by atoms with Gasteiger partial charge in [-0.15, -0.1) is 0 Å². The molecule has 0 aliphatic heterocycles. The van der Waals surface area contributed by atoms with Gasteiger partial charge in [-0.05, 0) is 30.3 Å². The molecule has 0 nitrogen and oxygen atoms in total. The van der Waals surface area contributed by atoms with Crippen LogP contribution < -0.4 is 0 Å². The van der Waals surface area contributed by atoms with E-state index in [1.807, 2.05) is 11.8 Å². The third-order valence-electron chi connectivity index (χ3n) is 1.15. The zero-order chi connectivity index (χ0) is 7.28. The van der Waals surface area contributed by atoms with E-state index in [2.05, 4.69) is 27.0 Å². The van der Waals surface area contributed by atoms with Gasteiger partial charge in [0.25, 0.3) is 0 Å². The minimum atomic E-state index is 0.831. The quantitative estimate of drug-likeness (QED) is 0.586. The number of hydrogen-bond donors (Lipinski definition) is 0. The number of hydrogen-bond acceptors (Lipinski definition) is 1. The van der Waals surface area contributed by atoms with Crippen LogP contribution >= 0.6 is 11.8 Å². The second-order valence-electron chi connectivity index (χ2n) is 2.99. The van der Waals surface area contributed by atoms with E-state index in [1.54, 1.807) is 5.92 Å². The molecule has 0 saturated heterocycles. The Balaban J connectivity index is 3.15. The van der Waals surface area contributed by atoms with E-state index in [4.69, 9.17) is 0 Å². The second-order valence-corrected chi connectivity index (χ2v) is 3.85. The molecule has 0 amide bonds. The molecule has 0 aliphatic rings. The van der Waals surface area contributed by atoms with Crippen molar-refractivity contribution in [1.82, 2.24) is 0 Å². The largest absolute Gasteiger partial charge is 0.165 e. The van der Waals surface area contributed by atoms with Gasteiger partial charge in [0.05, 0.1) is 0 Å². The van der Waals surface area contributed by atoms with Crippen molar-refractivity contribution in [1.29, 1.82) is 0 Å². The van der Waals surface area contributed by atoms with Crippen molar-refractivity contribution in [3.63, 3.8) is 0 Å². The van der Waals surface area contributed by atoms with Crippen molar-refractivity contribution >= 4 is 11.8 Å². The molecule has 0 aromatic heterocycles. The molecular weight excluding hydrogens is 128 g/mol. The first kappa shape index (κ1) is 9.35. The molecule has 0 atom stereocenters. The summed E-state index contributed by atoms with van der Waals surface area (Å²) in [6.07, 6.45) is 3.45. The van der Waals surface area contributed by atoms with Gasteiger partial charge in [0.15, 0.2) is 0 Å².